The van der Waals surface area contributed by atoms with Crippen molar-refractivity contribution in [2.75, 3.05) is 0 Å². The molecule has 0 saturated heterocycles. The Labute approximate surface area is 79.8 Å². The van der Waals surface area contributed by atoms with E-state index >= 15 is 0 Å². The van der Waals surface area contributed by atoms with Crippen LogP contribution >= 0.6 is 0 Å². The summed E-state index contributed by atoms with van der Waals surface area (Å²) in [5, 5.41) is 9.90. The molecule has 3 rings (SSSR count). The van der Waals surface area contributed by atoms with E-state index in [0.717, 1.165) is 30.1 Å². The molecule has 0 aliphatic heterocycles. The van der Waals surface area contributed by atoms with Gasteiger partial charge in [-0.15, -0.1) is 6.58 Å². The minimum absolute atomic E-state index is 0.0164. The number of rotatable bonds is 1. The van der Waals surface area contributed by atoms with Crippen LogP contribution < -0.4 is 0 Å². The molecule has 13 heavy (non-hydrogen) atoms. The summed E-state index contributed by atoms with van der Waals surface area (Å²) in [6, 6.07) is 0. The van der Waals surface area contributed by atoms with Gasteiger partial charge in [0.15, 0.2) is 0 Å². The normalized spacial score (nSPS) is 58.2. The third-order valence-electron chi connectivity index (χ3n) is 4.84. The van der Waals surface area contributed by atoms with E-state index in [2.05, 4.69) is 12.7 Å². The maximum atomic E-state index is 9.90. The molecule has 3 aliphatic rings. The van der Waals surface area contributed by atoms with E-state index in [1.54, 1.807) is 0 Å². The molecule has 6 unspecified atom stereocenters. The van der Waals surface area contributed by atoms with E-state index in [0.29, 0.717) is 5.92 Å². The third-order valence-corrected chi connectivity index (χ3v) is 4.84. The van der Waals surface area contributed by atoms with Crippen molar-refractivity contribution in [2.45, 2.75) is 31.8 Å². The summed E-state index contributed by atoms with van der Waals surface area (Å²) in [7, 11) is 0. The number of aliphatic hydroxyl groups is 1. The molecule has 0 heterocycles. The third kappa shape index (κ3) is 0.914. The fraction of sp³-hybridized carbons (Fsp3) is 0.833. The highest BCUT2D eigenvalue weighted by atomic mass is 16.3. The summed E-state index contributed by atoms with van der Waals surface area (Å²) >= 11 is 0. The highest BCUT2D eigenvalue weighted by Gasteiger charge is 2.56. The van der Waals surface area contributed by atoms with E-state index < -0.39 is 0 Å². The molecule has 0 spiro atoms. The first-order valence-electron chi connectivity index (χ1n) is 5.62. The van der Waals surface area contributed by atoms with Crippen molar-refractivity contribution in [2.24, 2.45) is 29.6 Å². The molecule has 0 amide bonds. The predicted molar refractivity (Wildman–Crippen MR) is 52.1 cm³/mol. The number of fused-ring (bicyclic) bond motifs is 5. The van der Waals surface area contributed by atoms with Gasteiger partial charge >= 0.3 is 0 Å². The Balaban J connectivity index is 1.89. The van der Waals surface area contributed by atoms with Gasteiger partial charge in [0.2, 0.25) is 0 Å². The standard InChI is InChI=1S/C12H18O/c1-2-7-5-8-6-10(7)12-9(8)3-4-11(12)13/h2,7-13H,1,3-6H2. The first-order valence-corrected chi connectivity index (χ1v) is 5.62. The number of allylic oxidation sites excluding steroid dienone is 1. The van der Waals surface area contributed by atoms with Gasteiger partial charge < -0.3 is 5.11 Å². The maximum Gasteiger partial charge on any atom is 0.0574 e. The molecule has 1 N–H and O–H groups in total. The van der Waals surface area contributed by atoms with Crippen LogP contribution in [-0.2, 0) is 0 Å². The van der Waals surface area contributed by atoms with Crippen LogP contribution in [0.2, 0.25) is 0 Å². The molecule has 3 saturated carbocycles. The van der Waals surface area contributed by atoms with Gasteiger partial charge in [-0.05, 0) is 55.3 Å². The Bertz CT molecular complexity index is 235. The molecule has 3 fully saturated rings. The average Bonchev–Trinajstić information content (AvgIpc) is 2.76. The van der Waals surface area contributed by atoms with Gasteiger partial charge in [0.1, 0.15) is 0 Å². The first kappa shape index (κ1) is 8.05. The lowest BCUT2D eigenvalue weighted by Gasteiger charge is -2.31. The zero-order valence-electron chi connectivity index (χ0n) is 8.02. The van der Waals surface area contributed by atoms with Crippen LogP contribution in [0.3, 0.4) is 0 Å². The lowest BCUT2D eigenvalue weighted by Crippen LogP contribution is -2.29. The summed E-state index contributed by atoms with van der Waals surface area (Å²) < 4.78 is 0. The van der Waals surface area contributed by atoms with Crippen LogP contribution in [0, 0.1) is 29.6 Å². The number of hydrogen-bond acceptors (Lipinski definition) is 1. The largest absolute Gasteiger partial charge is 0.393 e. The van der Waals surface area contributed by atoms with Crippen LogP contribution in [0.25, 0.3) is 0 Å². The molecule has 1 nitrogen and oxygen atoms in total. The van der Waals surface area contributed by atoms with Crippen molar-refractivity contribution in [3.8, 4) is 0 Å². The topological polar surface area (TPSA) is 20.2 Å². The van der Waals surface area contributed by atoms with Crippen molar-refractivity contribution in [3.05, 3.63) is 12.7 Å². The first-order chi connectivity index (χ1) is 6.31. The fourth-order valence-electron chi connectivity index (χ4n) is 4.39. The molecule has 72 valence electrons. The molecular weight excluding hydrogens is 160 g/mol. The van der Waals surface area contributed by atoms with Gasteiger partial charge in [0, 0.05) is 0 Å². The van der Waals surface area contributed by atoms with Crippen molar-refractivity contribution in [1.82, 2.24) is 0 Å². The quantitative estimate of drug-likeness (QED) is 0.610. The van der Waals surface area contributed by atoms with Crippen LogP contribution in [0.1, 0.15) is 25.7 Å². The highest BCUT2D eigenvalue weighted by Crippen LogP contribution is 2.61. The highest BCUT2D eigenvalue weighted by molar-refractivity contribution is 5.09. The van der Waals surface area contributed by atoms with Crippen molar-refractivity contribution in [3.63, 3.8) is 0 Å². The average molecular weight is 178 g/mol. The molecular formula is C12H18O. The minimum Gasteiger partial charge on any atom is -0.393 e. The molecule has 6 atom stereocenters. The van der Waals surface area contributed by atoms with Crippen LogP contribution in [0.5, 0.6) is 0 Å². The van der Waals surface area contributed by atoms with E-state index in [1.165, 1.54) is 19.3 Å². The summed E-state index contributed by atoms with van der Waals surface area (Å²) in [5.74, 6) is 3.94. The molecule has 2 bridgehead atoms. The molecule has 0 aromatic rings. The Morgan fingerprint density at radius 1 is 1.15 bits per heavy atom. The predicted octanol–water partition coefficient (Wildman–Crippen LogP) is 2.22. The van der Waals surface area contributed by atoms with Crippen LogP contribution in [0.4, 0.5) is 0 Å². The van der Waals surface area contributed by atoms with Crippen molar-refractivity contribution >= 4 is 0 Å². The second-order valence-electron chi connectivity index (χ2n) is 5.18. The van der Waals surface area contributed by atoms with Crippen LogP contribution in [0.15, 0.2) is 12.7 Å². The zero-order valence-corrected chi connectivity index (χ0v) is 8.02. The Hall–Kier alpha value is -0.300. The molecule has 3 aliphatic carbocycles. The molecule has 0 aromatic heterocycles. The fourth-order valence-corrected chi connectivity index (χ4v) is 4.39. The molecule has 0 radical (unpaired) electrons. The minimum atomic E-state index is 0.0164. The van der Waals surface area contributed by atoms with E-state index in [-0.39, 0.29) is 6.10 Å². The Morgan fingerprint density at radius 2 is 2.00 bits per heavy atom. The van der Waals surface area contributed by atoms with Gasteiger partial charge in [-0.1, -0.05) is 6.08 Å². The van der Waals surface area contributed by atoms with E-state index in [1.807, 2.05) is 0 Å². The second kappa shape index (κ2) is 2.60. The van der Waals surface area contributed by atoms with Crippen molar-refractivity contribution in [1.29, 1.82) is 0 Å². The zero-order chi connectivity index (χ0) is 9.00. The van der Waals surface area contributed by atoms with Gasteiger partial charge in [0.25, 0.3) is 0 Å². The Morgan fingerprint density at radius 3 is 2.77 bits per heavy atom. The van der Waals surface area contributed by atoms with Gasteiger partial charge in [-0.3, -0.25) is 0 Å². The summed E-state index contributed by atoms with van der Waals surface area (Å²) in [4.78, 5) is 0. The Kier molecular flexibility index (Phi) is 1.61. The number of aliphatic hydroxyl groups excluding tert-OH is 1. The molecule has 0 aromatic carbocycles. The van der Waals surface area contributed by atoms with Gasteiger partial charge in [0.05, 0.1) is 6.10 Å². The monoisotopic (exact) mass is 178 g/mol. The second-order valence-corrected chi connectivity index (χ2v) is 5.18. The summed E-state index contributed by atoms with van der Waals surface area (Å²) in [5.41, 5.74) is 0. The van der Waals surface area contributed by atoms with E-state index in [9.17, 15) is 5.11 Å². The van der Waals surface area contributed by atoms with Gasteiger partial charge in [-0.25, -0.2) is 0 Å². The van der Waals surface area contributed by atoms with E-state index in [4.69, 9.17) is 0 Å². The lowest BCUT2D eigenvalue weighted by atomic mass is 9.75. The smallest absolute Gasteiger partial charge is 0.0574 e. The summed E-state index contributed by atoms with van der Waals surface area (Å²) in [6.07, 6.45) is 7.24. The van der Waals surface area contributed by atoms with Crippen LogP contribution in [-0.4, -0.2) is 11.2 Å². The lowest BCUT2D eigenvalue weighted by molar-refractivity contribution is 0.0732. The number of hydrogen-bond donors (Lipinski definition) is 1. The van der Waals surface area contributed by atoms with Gasteiger partial charge in [-0.2, -0.15) is 0 Å². The maximum absolute atomic E-state index is 9.90. The summed E-state index contributed by atoms with van der Waals surface area (Å²) in [6.45, 7) is 3.92. The SMILES string of the molecule is C=CC1CC2CC1C1C(O)CCC21. The molecule has 1 heteroatoms. The van der Waals surface area contributed by atoms with Crippen molar-refractivity contribution < 1.29 is 5.11 Å².